The molecule has 3 nitrogen and oxygen atoms in total. The van der Waals surface area contributed by atoms with E-state index >= 15 is 0 Å². The van der Waals surface area contributed by atoms with Gasteiger partial charge >= 0.3 is 0 Å². The summed E-state index contributed by atoms with van der Waals surface area (Å²) in [7, 11) is 1.57. The molecule has 0 unspecified atom stereocenters. The van der Waals surface area contributed by atoms with Crippen molar-refractivity contribution < 1.29 is 9.15 Å². The van der Waals surface area contributed by atoms with Crippen LogP contribution in [-0.4, -0.2) is 7.11 Å². The molecule has 1 aromatic heterocycles. The molecule has 70 valence electrons. The number of hydrogen-bond donors (Lipinski definition) is 1. The number of para-hydroxylation sites is 1. The molecule has 2 N–H and O–H groups in total. The molecule has 0 radical (unpaired) electrons. The van der Waals surface area contributed by atoms with E-state index in [9.17, 15) is 0 Å². The minimum Gasteiger partial charge on any atom is -0.493 e. The van der Waals surface area contributed by atoms with Crippen LogP contribution in [0, 0.1) is 12.3 Å². The molecule has 0 amide bonds. The van der Waals surface area contributed by atoms with Gasteiger partial charge in [0, 0.05) is 5.39 Å². The van der Waals surface area contributed by atoms with Gasteiger partial charge in [-0.2, -0.15) is 0 Å². The Morgan fingerprint density at radius 3 is 2.93 bits per heavy atom. The first kappa shape index (κ1) is 8.52. The van der Waals surface area contributed by atoms with E-state index < -0.39 is 0 Å². The molecular weight excluding hydrogens is 178 g/mol. The lowest BCUT2D eigenvalue weighted by molar-refractivity contribution is 0.410. The van der Waals surface area contributed by atoms with Crippen molar-refractivity contribution in [1.82, 2.24) is 0 Å². The van der Waals surface area contributed by atoms with Crippen LogP contribution in [0.2, 0.25) is 0 Å². The monoisotopic (exact) mass is 187 g/mol. The normalized spacial score (nSPS) is 10.0. The quantitative estimate of drug-likeness (QED) is 0.694. The van der Waals surface area contributed by atoms with Gasteiger partial charge in [0.1, 0.15) is 0 Å². The van der Waals surface area contributed by atoms with E-state index in [0.717, 1.165) is 5.39 Å². The van der Waals surface area contributed by atoms with E-state index in [1.54, 1.807) is 13.2 Å². The summed E-state index contributed by atoms with van der Waals surface area (Å²) in [6, 6.07) is 5.48. The summed E-state index contributed by atoms with van der Waals surface area (Å²) >= 11 is 0. The summed E-state index contributed by atoms with van der Waals surface area (Å²) < 4.78 is 10.5. The fourth-order valence-corrected chi connectivity index (χ4v) is 1.38. The van der Waals surface area contributed by atoms with E-state index in [4.69, 9.17) is 21.3 Å². The molecular formula is C11H9NO2. The standard InChI is InChI=1S/C11H9NO2/c1-3-8-10(12)7-5-4-6-9(13-2)11(7)14-8/h1,4-6H,12H2,2H3. The number of fused-ring (bicyclic) bond motifs is 1. The fourth-order valence-electron chi connectivity index (χ4n) is 1.38. The number of nitrogens with two attached hydrogens (primary N) is 1. The van der Waals surface area contributed by atoms with E-state index in [-0.39, 0.29) is 0 Å². The zero-order valence-electron chi connectivity index (χ0n) is 7.70. The van der Waals surface area contributed by atoms with Crippen LogP contribution in [0.3, 0.4) is 0 Å². The van der Waals surface area contributed by atoms with Crippen LogP contribution in [-0.2, 0) is 0 Å². The molecule has 1 aromatic carbocycles. The molecule has 0 spiro atoms. The highest BCUT2D eigenvalue weighted by molar-refractivity contribution is 5.95. The van der Waals surface area contributed by atoms with Gasteiger partial charge in [-0.25, -0.2) is 0 Å². The molecule has 0 aliphatic heterocycles. The van der Waals surface area contributed by atoms with Gasteiger partial charge in [-0.05, 0) is 18.1 Å². The summed E-state index contributed by atoms with van der Waals surface area (Å²) in [5.41, 5.74) is 6.87. The lowest BCUT2D eigenvalue weighted by Gasteiger charge is -1.98. The van der Waals surface area contributed by atoms with Crippen molar-refractivity contribution in [1.29, 1.82) is 0 Å². The van der Waals surface area contributed by atoms with Gasteiger partial charge in [0.15, 0.2) is 11.3 Å². The Bertz CT molecular complexity index is 520. The van der Waals surface area contributed by atoms with Crippen LogP contribution in [0.5, 0.6) is 5.75 Å². The van der Waals surface area contributed by atoms with Crippen molar-refractivity contribution >= 4 is 16.7 Å². The second kappa shape index (κ2) is 3.00. The largest absolute Gasteiger partial charge is 0.493 e. The van der Waals surface area contributed by atoms with Gasteiger partial charge in [-0.3, -0.25) is 0 Å². The molecule has 0 atom stereocenters. The molecule has 0 fully saturated rings. The maximum Gasteiger partial charge on any atom is 0.201 e. The van der Waals surface area contributed by atoms with Crippen LogP contribution in [0.1, 0.15) is 5.76 Å². The maximum absolute atomic E-state index is 5.78. The zero-order valence-corrected chi connectivity index (χ0v) is 7.70. The smallest absolute Gasteiger partial charge is 0.201 e. The Labute approximate surface area is 81.5 Å². The van der Waals surface area contributed by atoms with E-state index in [2.05, 4.69) is 5.92 Å². The Balaban J connectivity index is 2.85. The summed E-state index contributed by atoms with van der Waals surface area (Å²) in [6.07, 6.45) is 5.24. The van der Waals surface area contributed by atoms with Crippen molar-refractivity contribution in [2.75, 3.05) is 12.8 Å². The number of benzene rings is 1. The summed E-state index contributed by atoms with van der Waals surface area (Å²) in [6.45, 7) is 0. The number of methoxy groups -OCH3 is 1. The highest BCUT2D eigenvalue weighted by Gasteiger charge is 2.12. The molecule has 0 saturated heterocycles. The third-order valence-corrected chi connectivity index (χ3v) is 2.07. The highest BCUT2D eigenvalue weighted by atomic mass is 16.5. The van der Waals surface area contributed by atoms with Crippen LogP contribution < -0.4 is 10.5 Å². The highest BCUT2D eigenvalue weighted by Crippen LogP contribution is 2.33. The first-order valence-electron chi connectivity index (χ1n) is 4.09. The summed E-state index contributed by atoms with van der Waals surface area (Å²) in [4.78, 5) is 0. The number of furan rings is 1. The van der Waals surface area contributed by atoms with Crippen molar-refractivity contribution in [2.24, 2.45) is 0 Å². The zero-order chi connectivity index (χ0) is 10.1. The molecule has 0 aliphatic rings. The number of anilines is 1. The lowest BCUT2D eigenvalue weighted by Crippen LogP contribution is -1.85. The number of nitrogen functional groups attached to an aromatic ring is 1. The van der Waals surface area contributed by atoms with Crippen molar-refractivity contribution in [3.8, 4) is 18.1 Å². The Morgan fingerprint density at radius 1 is 1.50 bits per heavy atom. The van der Waals surface area contributed by atoms with Crippen LogP contribution >= 0.6 is 0 Å². The Morgan fingerprint density at radius 2 is 2.29 bits per heavy atom. The lowest BCUT2D eigenvalue weighted by atomic mass is 10.2. The van der Waals surface area contributed by atoms with Gasteiger partial charge < -0.3 is 14.9 Å². The van der Waals surface area contributed by atoms with Gasteiger partial charge in [-0.15, -0.1) is 6.42 Å². The topological polar surface area (TPSA) is 48.4 Å². The third kappa shape index (κ3) is 1.01. The first-order chi connectivity index (χ1) is 6.77. The molecule has 2 aromatic rings. The van der Waals surface area contributed by atoms with Gasteiger partial charge in [0.05, 0.1) is 12.8 Å². The second-order valence-electron chi connectivity index (χ2n) is 2.83. The van der Waals surface area contributed by atoms with E-state index in [1.165, 1.54) is 0 Å². The van der Waals surface area contributed by atoms with E-state index in [1.807, 2.05) is 12.1 Å². The second-order valence-corrected chi connectivity index (χ2v) is 2.83. The summed E-state index contributed by atoms with van der Waals surface area (Å²) in [5.74, 6) is 3.38. The average Bonchev–Trinajstić information content (AvgIpc) is 2.55. The fraction of sp³-hybridized carbons (Fsp3) is 0.0909. The number of rotatable bonds is 1. The van der Waals surface area contributed by atoms with Crippen molar-refractivity contribution in [3.63, 3.8) is 0 Å². The molecule has 2 rings (SSSR count). The molecule has 3 heteroatoms. The first-order valence-corrected chi connectivity index (χ1v) is 4.09. The summed E-state index contributed by atoms with van der Waals surface area (Å²) in [5, 5.41) is 0.789. The van der Waals surface area contributed by atoms with Gasteiger partial charge in [0.25, 0.3) is 0 Å². The Hall–Kier alpha value is -2.08. The maximum atomic E-state index is 5.78. The number of ether oxygens (including phenoxy) is 1. The average molecular weight is 187 g/mol. The predicted molar refractivity (Wildman–Crippen MR) is 55.1 cm³/mol. The van der Waals surface area contributed by atoms with Crippen molar-refractivity contribution in [3.05, 3.63) is 24.0 Å². The van der Waals surface area contributed by atoms with E-state index in [0.29, 0.717) is 22.8 Å². The number of terminal acetylenes is 1. The molecule has 0 bridgehead atoms. The van der Waals surface area contributed by atoms with Crippen LogP contribution in [0.4, 0.5) is 5.69 Å². The minimum atomic E-state index is 0.351. The molecule has 1 heterocycles. The SMILES string of the molecule is C#Cc1oc2c(OC)cccc2c1N. The van der Waals surface area contributed by atoms with Crippen LogP contribution in [0.15, 0.2) is 22.6 Å². The van der Waals surface area contributed by atoms with Gasteiger partial charge in [0.2, 0.25) is 5.76 Å². The molecule has 14 heavy (non-hydrogen) atoms. The molecule has 0 saturated carbocycles. The van der Waals surface area contributed by atoms with Crippen molar-refractivity contribution in [2.45, 2.75) is 0 Å². The third-order valence-electron chi connectivity index (χ3n) is 2.07. The minimum absolute atomic E-state index is 0.351. The molecule has 0 aliphatic carbocycles. The Kier molecular flexibility index (Phi) is 1.83. The van der Waals surface area contributed by atoms with Crippen LogP contribution in [0.25, 0.3) is 11.0 Å². The number of hydrogen-bond acceptors (Lipinski definition) is 3. The van der Waals surface area contributed by atoms with Gasteiger partial charge in [-0.1, -0.05) is 6.07 Å². The predicted octanol–water partition coefficient (Wildman–Crippen LogP) is 2.00.